The summed E-state index contributed by atoms with van der Waals surface area (Å²) in [4.78, 5) is 4.59. The number of aromatic nitrogens is 2. The maximum atomic E-state index is 11.2. The Morgan fingerprint density at radius 3 is 2.94 bits per heavy atom. The molecular weight excluding hydrogens is 220 g/mol. The average Bonchev–Trinajstić information content (AvgIpc) is 2.73. The van der Waals surface area contributed by atoms with Gasteiger partial charge in [-0.1, -0.05) is 19.3 Å². The second-order valence-corrected chi connectivity index (χ2v) is 5.50. The molecule has 3 rings (SSSR count). The van der Waals surface area contributed by atoms with Gasteiger partial charge >= 0.3 is 0 Å². The van der Waals surface area contributed by atoms with Crippen LogP contribution in [-0.4, -0.2) is 4.98 Å². The van der Waals surface area contributed by atoms with E-state index in [4.69, 9.17) is 0 Å². The molecule has 2 aromatic heterocycles. The Labute approximate surface area is 98.3 Å². The van der Waals surface area contributed by atoms with Crippen molar-refractivity contribution in [3.05, 3.63) is 28.7 Å². The molecule has 1 aliphatic rings. The number of nitrogens with zero attached hydrogens (tertiary/aromatic N) is 2. The highest BCUT2D eigenvalue weighted by Crippen LogP contribution is 2.36. The highest BCUT2D eigenvalue weighted by molar-refractivity contribution is 7.18. The van der Waals surface area contributed by atoms with Crippen molar-refractivity contribution in [1.82, 2.24) is 4.98 Å². The number of hydrogen-bond donors (Lipinski definition) is 0. The summed E-state index contributed by atoms with van der Waals surface area (Å²) in [5.41, 5.74) is 0.850. The van der Waals surface area contributed by atoms with Gasteiger partial charge in [-0.2, -0.15) is 4.73 Å². The van der Waals surface area contributed by atoms with E-state index >= 15 is 0 Å². The summed E-state index contributed by atoms with van der Waals surface area (Å²) in [6, 6.07) is 1.87. The van der Waals surface area contributed by atoms with E-state index in [1.54, 1.807) is 23.7 Å². The van der Waals surface area contributed by atoms with E-state index in [0.29, 0.717) is 5.92 Å². The van der Waals surface area contributed by atoms with Gasteiger partial charge in [0, 0.05) is 12.0 Å². The largest absolute Gasteiger partial charge is 0.619 e. The lowest BCUT2D eigenvalue weighted by atomic mass is 9.90. The Hall–Kier alpha value is -1.16. The molecule has 0 N–H and O–H groups in total. The first-order valence-electron chi connectivity index (χ1n) is 5.82. The number of hydrogen-bond acceptors (Lipinski definition) is 3. The minimum Gasteiger partial charge on any atom is -0.619 e. The molecule has 2 aromatic rings. The summed E-state index contributed by atoms with van der Waals surface area (Å²) in [6.07, 6.45) is 9.64. The van der Waals surface area contributed by atoms with Crippen LogP contribution in [0.25, 0.3) is 10.2 Å². The summed E-state index contributed by atoms with van der Waals surface area (Å²) in [6.45, 7) is 0. The summed E-state index contributed by atoms with van der Waals surface area (Å²) < 4.78 is 1.96. The third kappa shape index (κ3) is 1.78. The Kier molecular flexibility index (Phi) is 2.52. The second kappa shape index (κ2) is 4.01. The van der Waals surface area contributed by atoms with Gasteiger partial charge in [-0.15, -0.1) is 11.3 Å². The van der Waals surface area contributed by atoms with Crippen molar-refractivity contribution < 1.29 is 4.73 Å². The lowest BCUT2D eigenvalue weighted by Crippen LogP contribution is -2.23. The fourth-order valence-electron chi connectivity index (χ4n) is 2.40. The minimum absolute atomic E-state index is 0.631. The van der Waals surface area contributed by atoms with Gasteiger partial charge in [0.2, 0.25) is 6.20 Å². The molecule has 3 nitrogen and oxygen atoms in total. The molecular formula is C12H14N2OS. The van der Waals surface area contributed by atoms with Crippen LogP contribution in [0.1, 0.15) is 43.0 Å². The maximum absolute atomic E-state index is 11.2. The zero-order valence-electron chi connectivity index (χ0n) is 9.06. The molecule has 16 heavy (non-hydrogen) atoms. The van der Waals surface area contributed by atoms with Crippen molar-refractivity contribution in [1.29, 1.82) is 0 Å². The molecule has 0 atom stereocenters. The number of pyridine rings is 1. The standard InChI is InChI=1S/C12H14N2OS/c15-14-7-6-11-10(8-14)13-12(16-11)9-4-2-1-3-5-9/h6-9H,1-5H2. The molecule has 2 heterocycles. The monoisotopic (exact) mass is 234 g/mol. The predicted octanol–water partition coefficient (Wildman–Crippen LogP) is 2.98. The third-order valence-electron chi connectivity index (χ3n) is 3.27. The van der Waals surface area contributed by atoms with Crippen LogP contribution in [-0.2, 0) is 0 Å². The van der Waals surface area contributed by atoms with Crippen molar-refractivity contribution >= 4 is 21.6 Å². The van der Waals surface area contributed by atoms with Crippen LogP contribution in [0.2, 0.25) is 0 Å². The van der Waals surface area contributed by atoms with E-state index < -0.39 is 0 Å². The zero-order chi connectivity index (χ0) is 11.0. The van der Waals surface area contributed by atoms with Crippen LogP contribution >= 0.6 is 11.3 Å². The Morgan fingerprint density at radius 2 is 2.12 bits per heavy atom. The van der Waals surface area contributed by atoms with E-state index in [9.17, 15) is 5.21 Å². The molecule has 1 aliphatic carbocycles. The van der Waals surface area contributed by atoms with Crippen LogP contribution in [0.3, 0.4) is 0 Å². The molecule has 0 unspecified atom stereocenters. The molecule has 84 valence electrons. The fourth-order valence-corrected chi connectivity index (χ4v) is 3.51. The fraction of sp³-hybridized carbons (Fsp3) is 0.500. The van der Waals surface area contributed by atoms with Crippen molar-refractivity contribution in [3.63, 3.8) is 0 Å². The van der Waals surface area contributed by atoms with E-state index in [-0.39, 0.29) is 0 Å². The zero-order valence-corrected chi connectivity index (χ0v) is 9.87. The van der Waals surface area contributed by atoms with Gasteiger partial charge < -0.3 is 5.21 Å². The molecule has 0 radical (unpaired) electrons. The minimum atomic E-state index is 0.631. The first kappa shape index (κ1) is 10.0. The van der Waals surface area contributed by atoms with Crippen molar-refractivity contribution in [2.75, 3.05) is 0 Å². The summed E-state index contributed by atoms with van der Waals surface area (Å²) in [5.74, 6) is 0.631. The maximum Gasteiger partial charge on any atom is 0.207 e. The van der Waals surface area contributed by atoms with Crippen molar-refractivity contribution in [2.45, 2.75) is 38.0 Å². The van der Waals surface area contributed by atoms with Gasteiger partial charge in [-0.25, -0.2) is 4.98 Å². The molecule has 0 amide bonds. The smallest absolute Gasteiger partial charge is 0.207 e. The van der Waals surface area contributed by atoms with Crippen molar-refractivity contribution in [3.8, 4) is 0 Å². The first-order valence-corrected chi connectivity index (χ1v) is 6.64. The highest BCUT2D eigenvalue weighted by Gasteiger charge is 2.19. The first-order chi connectivity index (χ1) is 7.83. The number of thiazole rings is 1. The lowest BCUT2D eigenvalue weighted by Gasteiger charge is -2.18. The van der Waals surface area contributed by atoms with Gasteiger partial charge in [-0.3, -0.25) is 0 Å². The van der Waals surface area contributed by atoms with Gasteiger partial charge in [0.1, 0.15) is 5.52 Å². The quantitative estimate of drug-likeness (QED) is 0.562. The molecule has 4 heteroatoms. The van der Waals surface area contributed by atoms with Crippen LogP contribution in [0.15, 0.2) is 18.5 Å². The highest BCUT2D eigenvalue weighted by atomic mass is 32.1. The molecule has 1 fully saturated rings. The normalized spacial score (nSPS) is 18.0. The van der Waals surface area contributed by atoms with Gasteiger partial charge in [0.25, 0.3) is 0 Å². The summed E-state index contributed by atoms with van der Waals surface area (Å²) in [7, 11) is 0. The van der Waals surface area contributed by atoms with Crippen molar-refractivity contribution in [2.24, 2.45) is 0 Å². The van der Waals surface area contributed by atoms with E-state index in [2.05, 4.69) is 4.98 Å². The van der Waals surface area contributed by atoms with E-state index in [1.807, 2.05) is 6.07 Å². The lowest BCUT2D eigenvalue weighted by molar-refractivity contribution is -0.603. The molecule has 0 bridgehead atoms. The van der Waals surface area contributed by atoms with Crippen LogP contribution in [0.4, 0.5) is 0 Å². The van der Waals surface area contributed by atoms with Gasteiger partial charge in [-0.05, 0) is 12.8 Å². The van der Waals surface area contributed by atoms with Crippen LogP contribution in [0, 0.1) is 5.21 Å². The topological polar surface area (TPSA) is 39.8 Å². The number of rotatable bonds is 1. The SMILES string of the molecule is [O-][n+]1ccc2sc(C3CCCCC3)nc2c1. The Bertz CT molecular complexity index is 503. The average molecular weight is 234 g/mol. The molecule has 0 aliphatic heterocycles. The van der Waals surface area contributed by atoms with E-state index in [1.165, 1.54) is 37.1 Å². The van der Waals surface area contributed by atoms with Gasteiger partial charge in [0.05, 0.1) is 9.71 Å². The van der Waals surface area contributed by atoms with Crippen LogP contribution < -0.4 is 4.73 Å². The molecule has 0 saturated heterocycles. The third-order valence-corrected chi connectivity index (χ3v) is 4.47. The molecule has 0 aromatic carbocycles. The summed E-state index contributed by atoms with van der Waals surface area (Å²) in [5, 5.41) is 12.4. The second-order valence-electron chi connectivity index (χ2n) is 4.44. The Balaban J connectivity index is 1.97. The van der Waals surface area contributed by atoms with Gasteiger partial charge in [0.15, 0.2) is 6.20 Å². The molecule has 0 spiro atoms. The number of fused-ring (bicyclic) bond motifs is 1. The Morgan fingerprint density at radius 1 is 1.31 bits per heavy atom. The van der Waals surface area contributed by atoms with Crippen LogP contribution in [0.5, 0.6) is 0 Å². The molecule has 1 saturated carbocycles. The van der Waals surface area contributed by atoms with E-state index in [0.717, 1.165) is 14.9 Å². The summed E-state index contributed by atoms with van der Waals surface area (Å²) >= 11 is 1.75. The predicted molar refractivity (Wildman–Crippen MR) is 64.4 cm³/mol.